The van der Waals surface area contributed by atoms with E-state index >= 15 is 0 Å². The monoisotopic (exact) mass is 361 g/mol. The lowest BCUT2D eigenvalue weighted by atomic mass is 10.2. The molecule has 0 radical (unpaired) electrons. The van der Waals surface area contributed by atoms with Crippen LogP contribution >= 0.6 is 0 Å². The Morgan fingerprint density at radius 1 is 1.04 bits per heavy atom. The number of hydrogen-bond donors (Lipinski definition) is 3. The lowest BCUT2D eigenvalue weighted by molar-refractivity contribution is 0.0457. The molecule has 2 heterocycles. The fraction of sp³-hybridized carbons (Fsp3) is 0.0556. The highest BCUT2D eigenvalue weighted by molar-refractivity contribution is 6.01. The average molecular weight is 361 g/mol. The summed E-state index contributed by atoms with van der Waals surface area (Å²) in [5, 5.41) is 10.5. The van der Waals surface area contributed by atoms with Gasteiger partial charge in [-0.3, -0.25) is 5.10 Å². The molecule has 134 valence electrons. The van der Waals surface area contributed by atoms with Gasteiger partial charge in [-0.05, 0) is 18.2 Å². The second kappa shape index (κ2) is 7.08. The van der Waals surface area contributed by atoms with Crippen molar-refractivity contribution >= 4 is 34.5 Å². The Bertz CT molecular complexity index is 1100. The fourth-order valence-electron chi connectivity index (χ4n) is 2.53. The van der Waals surface area contributed by atoms with E-state index in [2.05, 4.69) is 30.5 Å². The van der Waals surface area contributed by atoms with Gasteiger partial charge in [0, 0.05) is 11.1 Å². The maximum absolute atomic E-state index is 12.3. The van der Waals surface area contributed by atoms with Crippen LogP contribution in [0.3, 0.4) is 0 Å². The van der Waals surface area contributed by atoms with E-state index in [9.17, 15) is 4.79 Å². The number of fused-ring (bicyclic) bond motifs is 1. The minimum atomic E-state index is -0.580. The summed E-state index contributed by atoms with van der Waals surface area (Å²) in [7, 11) is 0. The number of H-pyrrole nitrogens is 1. The number of aromatic amines is 1. The molecule has 4 aromatic rings. The molecule has 4 N–H and O–H groups in total. The molecule has 2 aromatic heterocycles. The standard InChI is InChI=1S/C18H15N7O2/c19-17-21-14(22-18(23-17)20-11-6-2-1-3-7-11)10-27-16(26)15-12-8-4-5-9-13(12)24-25-15/h1-9H,10H2,(H,24,25)(H3,19,20,21,22,23). The molecule has 4 rings (SSSR count). The number of para-hydroxylation sites is 2. The van der Waals surface area contributed by atoms with Gasteiger partial charge in [-0.2, -0.15) is 20.1 Å². The molecule has 0 spiro atoms. The molecular formula is C18H15N7O2. The second-order valence-electron chi connectivity index (χ2n) is 5.62. The summed E-state index contributed by atoms with van der Waals surface area (Å²) in [5.41, 5.74) is 7.49. The summed E-state index contributed by atoms with van der Waals surface area (Å²) in [6.45, 7) is -0.157. The van der Waals surface area contributed by atoms with Gasteiger partial charge in [0.05, 0.1) is 5.52 Å². The van der Waals surface area contributed by atoms with Gasteiger partial charge in [-0.25, -0.2) is 4.79 Å². The maximum atomic E-state index is 12.3. The molecular weight excluding hydrogens is 346 g/mol. The van der Waals surface area contributed by atoms with E-state index in [4.69, 9.17) is 10.5 Å². The highest BCUT2D eigenvalue weighted by Crippen LogP contribution is 2.17. The van der Waals surface area contributed by atoms with Crippen LogP contribution in [-0.2, 0) is 11.3 Å². The summed E-state index contributed by atoms with van der Waals surface area (Å²) in [6, 6.07) is 16.7. The third-order valence-corrected chi connectivity index (χ3v) is 3.73. The van der Waals surface area contributed by atoms with Gasteiger partial charge in [-0.1, -0.05) is 36.4 Å². The van der Waals surface area contributed by atoms with Crippen molar-refractivity contribution in [1.82, 2.24) is 25.1 Å². The minimum Gasteiger partial charge on any atom is -0.453 e. The van der Waals surface area contributed by atoms with Crippen LogP contribution in [-0.4, -0.2) is 31.1 Å². The number of nitrogens with zero attached hydrogens (tertiary/aromatic N) is 4. The normalized spacial score (nSPS) is 10.7. The first-order valence-corrected chi connectivity index (χ1v) is 8.12. The molecule has 0 saturated carbocycles. The van der Waals surface area contributed by atoms with Crippen molar-refractivity contribution in [1.29, 1.82) is 0 Å². The van der Waals surface area contributed by atoms with Crippen LogP contribution < -0.4 is 11.1 Å². The van der Waals surface area contributed by atoms with Crippen molar-refractivity contribution in [3.05, 3.63) is 66.1 Å². The largest absolute Gasteiger partial charge is 0.453 e. The lowest BCUT2D eigenvalue weighted by Gasteiger charge is -2.07. The van der Waals surface area contributed by atoms with E-state index < -0.39 is 5.97 Å². The van der Waals surface area contributed by atoms with Crippen molar-refractivity contribution in [2.75, 3.05) is 11.1 Å². The number of benzene rings is 2. The molecule has 9 nitrogen and oxygen atoms in total. The number of nitrogen functional groups attached to an aromatic ring is 1. The van der Waals surface area contributed by atoms with Gasteiger partial charge in [0.15, 0.2) is 18.1 Å². The number of carbonyl (C=O) groups excluding carboxylic acids is 1. The molecule has 0 bridgehead atoms. The molecule has 9 heteroatoms. The molecule has 0 unspecified atom stereocenters. The Morgan fingerprint density at radius 3 is 2.67 bits per heavy atom. The fourth-order valence-corrected chi connectivity index (χ4v) is 2.53. The Kier molecular flexibility index (Phi) is 4.32. The van der Waals surface area contributed by atoms with Crippen LogP contribution in [0.25, 0.3) is 10.9 Å². The Morgan fingerprint density at radius 2 is 1.81 bits per heavy atom. The lowest BCUT2D eigenvalue weighted by Crippen LogP contribution is -2.11. The Labute approximate surface area is 153 Å². The van der Waals surface area contributed by atoms with Gasteiger partial charge in [0.25, 0.3) is 0 Å². The highest BCUT2D eigenvalue weighted by atomic mass is 16.5. The van der Waals surface area contributed by atoms with E-state index in [1.54, 1.807) is 6.07 Å². The highest BCUT2D eigenvalue weighted by Gasteiger charge is 2.16. The molecule has 0 aliphatic rings. The minimum absolute atomic E-state index is 0.0275. The van der Waals surface area contributed by atoms with E-state index in [-0.39, 0.29) is 30.0 Å². The zero-order chi connectivity index (χ0) is 18.6. The SMILES string of the molecule is Nc1nc(COC(=O)c2n[nH]c3ccccc23)nc(Nc2ccccc2)n1. The number of ether oxygens (including phenoxy) is 1. The second-order valence-corrected chi connectivity index (χ2v) is 5.62. The molecule has 0 aliphatic carbocycles. The van der Waals surface area contributed by atoms with Gasteiger partial charge < -0.3 is 15.8 Å². The molecule has 0 fully saturated rings. The van der Waals surface area contributed by atoms with Crippen LogP contribution in [0.15, 0.2) is 54.6 Å². The van der Waals surface area contributed by atoms with Crippen LogP contribution in [0, 0.1) is 0 Å². The Balaban J connectivity index is 1.48. The summed E-state index contributed by atoms with van der Waals surface area (Å²) in [6.07, 6.45) is 0. The van der Waals surface area contributed by atoms with Gasteiger partial charge in [-0.15, -0.1) is 0 Å². The van der Waals surface area contributed by atoms with Crippen molar-refractivity contribution in [2.24, 2.45) is 0 Å². The molecule has 2 aromatic carbocycles. The first-order valence-electron chi connectivity index (χ1n) is 8.12. The number of rotatable bonds is 5. The summed E-state index contributed by atoms with van der Waals surface area (Å²) < 4.78 is 5.28. The van der Waals surface area contributed by atoms with Crippen molar-refractivity contribution in [3.63, 3.8) is 0 Å². The number of aromatic nitrogens is 5. The van der Waals surface area contributed by atoms with Crippen LogP contribution in [0.4, 0.5) is 17.6 Å². The molecule has 0 aliphatic heterocycles. The van der Waals surface area contributed by atoms with Crippen LogP contribution in [0.1, 0.15) is 16.3 Å². The van der Waals surface area contributed by atoms with Gasteiger partial charge in [0.2, 0.25) is 11.9 Å². The van der Waals surface area contributed by atoms with E-state index in [0.29, 0.717) is 5.39 Å². The zero-order valence-corrected chi connectivity index (χ0v) is 14.1. The van der Waals surface area contributed by atoms with Gasteiger partial charge in [0.1, 0.15) is 0 Å². The zero-order valence-electron chi connectivity index (χ0n) is 14.1. The first-order chi connectivity index (χ1) is 13.2. The topological polar surface area (TPSA) is 132 Å². The summed E-state index contributed by atoms with van der Waals surface area (Å²) >= 11 is 0. The van der Waals surface area contributed by atoms with Crippen molar-refractivity contribution in [3.8, 4) is 0 Å². The first kappa shape index (κ1) is 16.5. The number of hydrogen-bond acceptors (Lipinski definition) is 8. The third-order valence-electron chi connectivity index (χ3n) is 3.73. The van der Waals surface area contributed by atoms with Crippen molar-refractivity contribution < 1.29 is 9.53 Å². The average Bonchev–Trinajstić information content (AvgIpc) is 3.11. The van der Waals surface area contributed by atoms with Gasteiger partial charge >= 0.3 is 5.97 Å². The quantitative estimate of drug-likeness (QED) is 0.462. The predicted octanol–water partition coefficient (Wildman–Crippen LogP) is 2.43. The summed E-state index contributed by atoms with van der Waals surface area (Å²) in [4.78, 5) is 24.6. The molecule has 0 atom stereocenters. The van der Waals surface area contributed by atoms with Crippen LogP contribution in [0.2, 0.25) is 0 Å². The molecule has 0 amide bonds. The number of esters is 1. The number of nitrogens with two attached hydrogens (primary N) is 1. The van der Waals surface area contributed by atoms with E-state index in [1.165, 1.54) is 0 Å². The van der Waals surface area contributed by atoms with E-state index in [1.807, 2.05) is 48.5 Å². The van der Waals surface area contributed by atoms with Crippen molar-refractivity contribution in [2.45, 2.75) is 6.61 Å². The van der Waals surface area contributed by atoms with E-state index in [0.717, 1.165) is 11.2 Å². The number of nitrogens with one attached hydrogen (secondary N) is 2. The summed E-state index contributed by atoms with van der Waals surface area (Å²) in [5.74, 6) is -0.0530. The maximum Gasteiger partial charge on any atom is 0.359 e. The third kappa shape index (κ3) is 3.66. The van der Waals surface area contributed by atoms with Crippen LogP contribution in [0.5, 0.6) is 0 Å². The number of carbonyl (C=O) groups is 1. The smallest absolute Gasteiger partial charge is 0.359 e. The molecule has 27 heavy (non-hydrogen) atoms. The Hall–Kier alpha value is -4.01. The molecule has 0 saturated heterocycles. The predicted molar refractivity (Wildman–Crippen MR) is 99.2 cm³/mol. The number of anilines is 3.